The van der Waals surface area contributed by atoms with E-state index in [1.165, 1.54) is 0 Å². The Labute approximate surface area is 162 Å². The average molecular weight is 448 g/mol. The molecule has 130 valence electrons. The highest BCUT2D eigenvalue weighted by molar-refractivity contribution is 14.1. The van der Waals surface area contributed by atoms with Crippen LogP contribution in [0.3, 0.4) is 0 Å². The van der Waals surface area contributed by atoms with Crippen molar-refractivity contribution in [3.8, 4) is 6.07 Å². The zero-order chi connectivity index (χ0) is 17.5. The maximum atomic E-state index is 9.50. The molecule has 25 heavy (non-hydrogen) atoms. The van der Waals surface area contributed by atoms with Crippen LogP contribution in [-0.4, -0.2) is 28.7 Å². The molecule has 0 radical (unpaired) electrons. The Kier molecular flexibility index (Phi) is 6.82. The van der Waals surface area contributed by atoms with Gasteiger partial charge in [0, 0.05) is 10.5 Å². The van der Waals surface area contributed by atoms with Gasteiger partial charge in [0.15, 0.2) is 0 Å². The normalized spacial score (nSPS) is 25.6. The predicted molar refractivity (Wildman–Crippen MR) is 105 cm³/mol. The van der Waals surface area contributed by atoms with Crippen LogP contribution in [0.15, 0.2) is 60.7 Å². The van der Waals surface area contributed by atoms with E-state index in [1.54, 1.807) is 0 Å². The van der Waals surface area contributed by atoms with E-state index in [4.69, 9.17) is 9.47 Å². The molecule has 1 aliphatic rings. The highest BCUT2D eigenvalue weighted by Gasteiger charge is 2.44. The van der Waals surface area contributed by atoms with Crippen LogP contribution in [0.25, 0.3) is 0 Å². The van der Waals surface area contributed by atoms with Gasteiger partial charge in [0.2, 0.25) is 0 Å². The number of halogens is 1. The number of ether oxygens (including phenoxy) is 2. The molecular formula is C20H21IN2O2. The second-order valence-electron chi connectivity index (χ2n) is 6.06. The summed E-state index contributed by atoms with van der Waals surface area (Å²) in [6, 6.07) is 22.2. The molecule has 1 N–H and O–H groups in total. The Balaban J connectivity index is 1.68. The number of nitrogens with zero attached hydrogens (tertiary/aromatic N) is 1. The van der Waals surface area contributed by atoms with Crippen molar-refractivity contribution < 1.29 is 9.47 Å². The maximum Gasteiger partial charge on any atom is 0.125 e. The molecule has 0 spiro atoms. The highest BCUT2D eigenvalue weighted by atomic mass is 127. The third kappa shape index (κ3) is 4.79. The molecule has 1 fully saturated rings. The van der Waals surface area contributed by atoms with Gasteiger partial charge in [-0.25, -0.2) is 0 Å². The van der Waals surface area contributed by atoms with E-state index in [-0.39, 0.29) is 24.3 Å². The summed E-state index contributed by atoms with van der Waals surface area (Å²) in [4.78, 5) is 0. The first-order valence-electron chi connectivity index (χ1n) is 8.34. The van der Waals surface area contributed by atoms with Crippen LogP contribution in [0.1, 0.15) is 11.1 Å². The summed E-state index contributed by atoms with van der Waals surface area (Å²) in [5.74, 6) is 0. The summed E-state index contributed by atoms with van der Waals surface area (Å²) in [6.45, 7) is 0.994. The molecular weight excluding hydrogens is 427 g/mol. The molecule has 4 atom stereocenters. The number of alkyl halides is 1. The average Bonchev–Trinajstić information content (AvgIpc) is 3.03. The zero-order valence-electron chi connectivity index (χ0n) is 13.8. The van der Waals surface area contributed by atoms with Gasteiger partial charge < -0.3 is 9.47 Å². The summed E-state index contributed by atoms with van der Waals surface area (Å²) in [5.41, 5.74) is 2.22. The first-order valence-corrected chi connectivity index (χ1v) is 9.87. The number of nitrogens with one attached hydrogen (secondary N) is 1. The summed E-state index contributed by atoms with van der Waals surface area (Å²) in [7, 11) is 0. The molecule has 1 aliphatic heterocycles. The molecule has 0 amide bonds. The number of hydrogen-bond donors (Lipinski definition) is 1. The fourth-order valence-electron chi connectivity index (χ4n) is 3.02. The molecule has 0 bridgehead atoms. The molecule has 0 aliphatic carbocycles. The second kappa shape index (κ2) is 9.30. The molecule has 4 nitrogen and oxygen atoms in total. The monoisotopic (exact) mass is 448 g/mol. The SMILES string of the molecule is N#C[C@@H]1N[C@@H](CI)[C@@H](OCc2ccccc2)[C@@H]1OCc1ccccc1. The van der Waals surface area contributed by atoms with Crippen LogP contribution in [0.5, 0.6) is 0 Å². The smallest absolute Gasteiger partial charge is 0.125 e. The van der Waals surface area contributed by atoms with Crippen molar-refractivity contribution in [2.24, 2.45) is 0 Å². The quantitative estimate of drug-likeness (QED) is 0.521. The molecule has 2 aromatic rings. The first kappa shape index (κ1) is 18.3. The van der Waals surface area contributed by atoms with Crippen LogP contribution < -0.4 is 5.32 Å². The summed E-state index contributed by atoms with van der Waals surface area (Å²) in [5, 5.41) is 12.8. The van der Waals surface area contributed by atoms with Crippen molar-refractivity contribution in [2.45, 2.75) is 37.5 Å². The minimum Gasteiger partial charge on any atom is -0.369 e. The fraction of sp³-hybridized carbons (Fsp3) is 0.350. The predicted octanol–water partition coefficient (Wildman–Crippen LogP) is 3.46. The van der Waals surface area contributed by atoms with E-state index in [9.17, 15) is 5.26 Å². The van der Waals surface area contributed by atoms with Gasteiger partial charge in [-0.2, -0.15) is 5.26 Å². The van der Waals surface area contributed by atoms with Crippen molar-refractivity contribution in [1.82, 2.24) is 5.32 Å². The van der Waals surface area contributed by atoms with Crippen LogP contribution in [0.2, 0.25) is 0 Å². The van der Waals surface area contributed by atoms with E-state index in [2.05, 4.69) is 34.0 Å². The Morgan fingerprint density at radius 1 is 0.880 bits per heavy atom. The van der Waals surface area contributed by atoms with Crippen LogP contribution in [0, 0.1) is 11.3 Å². The van der Waals surface area contributed by atoms with E-state index in [0.29, 0.717) is 13.2 Å². The van der Waals surface area contributed by atoms with E-state index in [1.807, 2.05) is 60.7 Å². The molecule has 0 unspecified atom stereocenters. The van der Waals surface area contributed by atoms with Crippen molar-refractivity contribution in [1.29, 1.82) is 5.26 Å². The maximum absolute atomic E-state index is 9.50. The topological polar surface area (TPSA) is 54.3 Å². The summed E-state index contributed by atoms with van der Waals surface area (Å²) < 4.78 is 13.2. The van der Waals surface area contributed by atoms with E-state index >= 15 is 0 Å². The highest BCUT2D eigenvalue weighted by Crippen LogP contribution is 2.24. The van der Waals surface area contributed by atoms with Gasteiger partial charge in [-0.15, -0.1) is 0 Å². The first-order chi connectivity index (χ1) is 12.3. The van der Waals surface area contributed by atoms with Crippen molar-refractivity contribution in [3.63, 3.8) is 0 Å². The Bertz CT molecular complexity index is 690. The lowest BCUT2D eigenvalue weighted by atomic mass is 10.1. The molecule has 1 saturated heterocycles. The van der Waals surface area contributed by atoms with Gasteiger partial charge in [-0.05, 0) is 11.1 Å². The third-order valence-electron chi connectivity index (χ3n) is 4.32. The molecule has 0 saturated carbocycles. The lowest BCUT2D eigenvalue weighted by molar-refractivity contribution is -0.0725. The van der Waals surface area contributed by atoms with Gasteiger partial charge >= 0.3 is 0 Å². The Morgan fingerprint density at radius 3 is 1.88 bits per heavy atom. The summed E-state index contributed by atoms with van der Waals surface area (Å²) in [6.07, 6.45) is -0.431. The second-order valence-corrected chi connectivity index (χ2v) is 6.94. The Morgan fingerprint density at radius 2 is 1.40 bits per heavy atom. The Hall–Kier alpha value is -1.46. The van der Waals surface area contributed by atoms with Gasteiger partial charge in [-0.1, -0.05) is 83.3 Å². The number of hydrogen-bond acceptors (Lipinski definition) is 4. The van der Waals surface area contributed by atoms with Gasteiger partial charge in [-0.3, -0.25) is 5.32 Å². The number of nitriles is 1. The van der Waals surface area contributed by atoms with Crippen molar-refractivity contribution in [2.75, 3.05) is 4.43 Å². The molecule has 1 heterocycles. The van der Waals surface area contributed by atoms with Crippen molar-refractivity contribution in [3.05, 3.63) is 71.8 Å². The molecule has 5 heteroatoms. The van der Waals surface area contributed by atoms with Crippen LogP contribution in [0.4, 0.5) is 0 Å². The minimum atomic E-state index is -0.357. The van der Waals surface area contributed by atoms with Crippen molar-refractivity contribution >= 4 is 22.6 Å². The molecule has 0 aromatic heterocycles. The van der Waals surface area contributed by atoms with E-state index < -0.39 is 0 Å². The van der Waals surface area contributed by atoms with Gasteiger partial charge in [0.1, 0.15) is 18.2 Å². The van der Waals surface area contributed by atoms with Gasteiger partial charge in [0.25, 0.3) is 0 Å². The fourth-order valence-corrected chi connectivity index (χ4v) is 3.77. The lowest BCUT2D eigenvalue weighted by Crippen LogP contribution is -2.38. The van der Waals surface area contributed by atoms with Crippen LogP contribution >= 0.6 is 22.6 Å². The van der Waals surface area contributed by atoms with Crippen LogP contribution in [-0.2, 0) is 22.7 Å². The number of benzene rings is 2. The summed E-state index contributed by atoms with van der Waals surface area (Å²) >= 11 is 2.33. The number of rotatable bonds is 7. The minimum absolute atomic E-state index is 0.106. The molecule has 3 rings (SSSR count). The zero-order valence-corrected chi connectivity index (χ0v) is 16.0. The largest absolute Gasteiger partial charge is 0.369 e. The van der Waals surface area contributed by atoms with E-state index in [0.717, 1.165) is 15.6 Å². The lowest BCUT2D eigenvalue weighted by Gasteiger charge is -2.24. The third-order valence-corrected chi connectivity index (χ3v) is 5.27. The van der Waals surface area contributed by atoms with Gasteiger partial charge in [0.05, 0.1) is 19.3 Å². The molecule has 2 aromatic carbocycles. The standard InChI is InChI=1S/C20H21IN2O2/c21-11-17-19(24-13-15-7-3-1-4-8-15)20(18(12-22)23-17)25-14-16-9-5-2-6-10-16/h1-10,17-20,23H,11,13-14H2/t17-,18-,19+,20+/m0/s1.